The zero-order valence-electron chi connectivity index (χ0n) is 15.2. The Morgan fingerprint density at radius 3 is 2.34 bits per heavy atom. The second-order valence-electron chi connectivity index (χ2n) is 6.61. The van der Waals surface area contributed by atoms with Crippen molar-refractivity contribution in [3.05, 3.63) is 58.1 Å². The topological polar surface area (TPSA) is 104 Å². The Morgan fingerprint density at radius 2 is 1.76 bits per heavy atom. The van der Waals surface area contributed by atoms with Gasteiger partial charge in [-0.05, 0) is 42.8 Å². The van der Waals surface area contributed by atoms with E-state index in [4.69, 9.17) is 27.9 Å². The van der Waals surface area contributed by atoms with E-state index < -0.39 is 28.1 Å². The summed E-state index contributed by atoms with van der Waals surface area (Å²) in [5.41, 5.74) is 0.615. The van der Waals surface area contributed by atoms with Crippen LogP contribution >= 0.6 is 23.2 Å². The lowest BCUT2D eigenvalue weighted by atomic mass is 10.0. The fourth-order valence-electron chi connectivity index (χ4n) is 3.11. The number of aliphatic carboxylic acids is 1. The minimum Gasteiger partial charge on any atom is -0.489 e. The molecule has 3 rings (SSSR count). The van der Waals surface area contributed by atoms with Crippen molar-refractivity contribution < 1.29 is 28.2 Å². The van der Waals surface area contributed by atoms with Gasteiger partial charge in [-0.15, -0.1) is 0 Å². The molecule has 0 amide bonds. The van der Waals surface area contributed by atoms with E-state index in [0.717, 1.165) is 4.31 Å². The van der Waals surface area contributed by atoms with Crippen molar-refractivity contribution in [3.8, 4) is 5.75 Å². The van der Waals surface area contributed by atoms with E-state index in [1.54, 1.807) is 18.2 Å². The third-order valence-corrected chi connectivity index (χ3v) is 7.32. The fourth-order valence-corrected chi connectivity index (χ4v) is 5.22. The lowest BCUT2D eigenvalue weighted by Crippen LogP contribution is -2.51. The van der Waals surface area contributed by atoms with E-state index in [2.05, 4.69) is 0 Å². The van der Waals surface area contributed by atoms with Crippen molar-refractivity contribution in [2.75, 3.05) is 6.54 Å². The number of halogens is 2. The van der Waals surface area contributed by atoms with Crippen molar-refractivity contribution >= 4 is 39.2 Å². The van der Waals surface area contributed by atoms with Crippen LogP contribution in [0.3, 0.4) is 0 Å². The van der Waals surface area contributed by atoms with Gasteiger partial charge in [0.15, 0.2) is 0 Å². The minimum atomic E-state index is -4.03. The van der Waals surface area contributed by atoms with Crippen LogP contribution in [0, 0.1) is 0 Å². The minimum absolute atomic E-state index is 0.0525. The van der Waals surface area contributed by atoms with Gasteiger partial charge in [0.2, 0.25) is 10.0 Å². The molecule has 1 heterocycles. The van der Waals surface area contributed by atoms with Gasteiger partial charge in [0.1, 0.15) is 18.4 Å². The quantitative estimate of drug-likeness (QED) is 0.687. The van der Waals surface area contributed by atoms with Gasteiger partial charge < -0.3 is 14.9 Å². The number of hydrogen-bond donors (Lipinski definition) is 2. The number of rotatable bonds is 6. The highest BCUT2D eigenvalue weighted by Crippen LogP contribution is 2.29. The van der Waals surface area contributed by atoms with E-state index in [1.165, 1.54) is 24.3 Å². The Hall–Kier alpha value is -1.84. The monoisotopic (exact) mass is 459 g/mol. The molecule has 0 aliphatic carbocycles. The highest BCUT2D eigenvalue weighted by Gasteiger charge is 2.40. The lowest BCUT2D eigenvalue weighted by molar-refractivity contribution is -0.143. The number of nitrogens with zero attached hydrogens (tertiary/aromatic N) is 1. The van der Waals surface area contributed by atoms with Gasteiger partial charge in [0.25, 0.3) is 0 Å². The zero-order chi connectivity index (χ0) is 21.2. The molecule has 156 valence electrons. The fraction of sp³-hybridized carbons (Fsp3) is 0.316. The Balaban J connectivity index is 1.76. The third-order valence-electron chi connectivity index (χ3n) is 4.69. The van der Waals surface area contributed by atoms with Crippen molar-refractivity contribution in [2.24, 2.45) is 0 Å². The molecule has 1 aliphatic heterocycles. The normalized spacial score (nSPS) is 20.4. The summed E-state index contributed by atoms with van der Waals surface area (Å²) < 4.78 is 32.3. The molecule has 10 heteroatoms. The van der Waals surface area contributed by atoms with Crippen molar-refractivity contribution in [1.82, 2.24) is 4.31 Å². The zero-order valence-corrected chi connectivity index (χ0v) is 17.5. The molecule has 0 radical (unpaired) electrons. The smallest absolute Gasteiger partial charge is 0.322 e. The summed E-state index contributed by atoms with van der Waals surface area (Å²) in [7, 11) is -4.03. The van der Waals surface area contributed by atoms with Crippen LogP contribution in [-0.2, 0) is 21.4 Å². The van der Waals surface area contributed by atoms with Crippen LogP contribution in [0.25, 0.3) is 0 Å². The van der Waals surface area contributed by atoms with Gasteiger partial charge in [0.05, 0.1) is 11.0 Å². The first kappa shape index (κ1) is 21.9. The first-order valence-corrected chi connectivity index (χ1v) is 11.0. The standard InChI is InChI=1S/C19H19Cl2NO6S/c20-16-2-1-3-17(21)15(16)11-28-13-4-6-14(7-5-13)29(26,27)22-9-8-12(23)10-18(22)19(24)25/h1-7,12,18,23H,8-11H2,(H,24,25). The number of carbonyl (C=O) groups is 1. The second-order valence-corrected chi connectivity index (χ2v) is 9.31. The van der Waals surface area contributed by atoms with Crippen LogP contribution in [0.1, 0.15) is 18.4 Å². The summed E-state index contributed by atoms with van der Waals surface area (Å²) in [6, 6.07) is 9.45. The molecule has 1 saturated heterocycles. The van der Waals surface area contributed by atoms with Gasteiger partial charge in [-0.3, -0.25) is 4.79 Å². The van der Waals surface area contributed by atoms with E-state index in [-0.39, 0.29) is 30.9 Å². The summed E-state index contributed by atoms with van der Waals surface area (Å²) in [5, 5.41) is 20.0. The van der Waals surface area contributed by atoms with Crippen LogP contribution in [0.15, 0.2) is 47.4 Å². The van der Waals surface area contributed by atoms with Gasteiger partial charge in [-0.25, -0.2) is 8.42 Å². The summed E-state index contributed by atoms with van der Waals surface area (Å²) in [4.78, 5) is 11.4. The molecule has 0 spiro atoms. The van der Waals surface area contributed by atoms with Crippen LogP contribution in [0.2, 0.25) is 10.0 Å². The molecular weight excluding hydrogens is 441 g/mol. The third kappa shape index (κ3) is 4.84. The molecular formula is C19H19Cl2NO6S. The van der Waals surface area contributed by atoms with Gasteiger partial charge in [0, 0.05) is 28.6 Å². The molecule has 0 saturated carbocycles. The number of hydrogen-bond acceptors (Lipinski definition) is 5. The summed E-state index contributed by atoms with van der Waals surface area (Å²) in [6.45, 7) is 0.0411. The number of carboxylic acid groups (broad SMARTS) is 1. The lowest BCUT2D eigenvalue weighted by Gasteiger charge is -2.34. The predicted molar refractivity (Wildman–Crippen MR) is 108 cm³/mol. The molecule has 0 aromatic heterocycles. The van der Waals surface area contributed by atoms with Crippen LogP contribution in [0.4, 0.5) is 0 Å². The molecule has 0 bridgehead atoms. The van der Waals surface area contributed by atoms with Crippen LogP contribution < -0.4 is 4.74 Å². The molecule has 2 aromatic rings. The number of aliphatic hydroxyl groups excluding tert-OH is 1. The first-order chi connectivity index (χ1) is 13.7. The predicted octanol–water partition coefficient (Wildman–Crippen LogP) is 3.17. The molecule has 29 heavy (non-hydrogen) atoms. The van der Waals surface area contributed by atoms with Gasteiger partial charge >= 0.3 is 5.97 Å². The number of aliphatic hydroxyl groups is 1. The van der Waals surface area contributed by atoms with E-state index in [1.807, 2.05) is 0 Å². The molecule has 2 aromatic carbocycles. The van der Waals surface area contributed by atoms with Crippen LogP contribution in [-0.4, -0.2) is 47.6 Å². The average Bonchev–Trinajstić information content (AvgIpc) is 2.67. The Labute approximate surface area is 178 Å². The maximum Gasteiger partial charge on any atom is 0.322 e. The van der Waals surface area contributed by atoms with Gasteiger partial charge in [-0.1, -0.05) is 29.3 Å². The number of benzene rings is 2. The largest absolute Gasteiger partial charge is 0.489 e. The first-order valence-electron chi connectivity index (χ1n) is 8.78. The molecule has 1 aliphatic rings. The van der Waals surface area contributed by atoms with E-state index in [0.29, 0.717) is 21.4 Å². The SMILES string of the molecule is O=C(O)C1CC(O)CCN1S(=O)(=O)c1ccc(OCc2c(Cl)cccc2Cl)cc1. The number of piperidine rings is 1. The molecule has 2 atom stereocenters. The van der Waals surface area contributed by atoms with Gasteiger partial charge in [-0.2, -0.15) is 4.31 Å². The van der Waals surface area contributed by atoms with E-state index >= 15 is 0 Å². The number of ether oxygens (including phenoxy) is 1. The van der Waals surface area contributed by atoms with Crippen LogP contribution in [0.5, 0.6) is 5.75 Å². The number of carboxylic acids is 1. The highest BCUT2D eigenvalue weighted by atomic mass is 35.5. The summed E-state index contributed by atoms with van der Waals surface area (Å²) in [6.07, 6.45) is -0.799. The molecule has 1 fully saturated rings. The number of sulfonamides is 1. The average molecular weight is 460 g/mol. The maximum absolute atomic E-state index is 12.9. The van der Waals surface area contributed by atoms with Crippen molar-refractivity contribution in [2.45, 2.75) is 36.5 Å². The second kappa shape index (κ2) is 8.89. The highest BCUT2D eigenvalue weighted by molar-refractivity contribution is 7.89. The van der Waals surface area contributed by atoms with Crippen molar-refractivity contribution in [1.29, 1.82) is 0 Å². The van der Waals surface area contributed by atoms with E-state index in [9.17, 15) is 23.4 Å². The van der Waals surface area contributed by atoms with Crippen molar-refractivity contribution in [3.63, 3.8) is 0 Å². The maximum atomic E-state index is 12.9. The molecule has 2 N–H and O–H groups in total. The summed E-state index contributed by atoms with van der Waals surface area (Å²) in [5.74, 6) is -0.882. The Morgan fingerprint density at radius 1 is 1.14 bits per heavy atom. The Kier molecular flexibility index (Phi) is 6.70. The Bertz CT molecular complexity index is 976. The summed E-state index contributed by atoms with van der Waals surface area (Å²) >= 11 is 12.2. The molecule has 2 unspecified atom stereocenters. The molecule has 7 nitrogen and oxygen atoms in total.